The van der Waals surface area contributed by atoms with Crippen molar-refractivity contribution in [3.05, 3.63) is 0 Å². The van der Waals surface area contributed by atoms with E-state index >= 15 is 0 Å². The van der Waals surface area contributed by atoms with Gasteiger partial charge >= 0.3 is 0 Å². The molecule has 0 saturated carbocycles. The summed E-state index contributed by atoms with van der Waals surface area (Å²) < 4.78 is 0. The number of hydrogen-bond acceptors (Lipinski definition) is 3. The zero-order valence-electron chi connectivity index (χ0n) is 5.89. The second-order valence-electron chi connectivity index (χ2n) is 2.55. The summed E-state index contributed by atoms with van der Waals surface area (Å²) in [4.78, 5) is 4.26. The Labute approximate surface area is 55.3 Å². The SMILES string of the molecule is CC1=NC(C)CC(N)N1. The predicted octanol–water partition coefficient (Wildman–Crippen LogP) is 0.0714. The normalized spacial score (nSPS) is 35.2. The monoisotopic (exact) mass is 127 g/mol. The second kappa shape index (κ2) is 2.35. The average molecular weight is 127 g/mol. The van der Waals surface area contributed by atoms with Crippen LogP contribution in [0.2, 0.25) is 0 Å². The fourth-order valence-electron chi connectivity index (χ4n) is 1.12. The maximum absolute atomic E-state index is 5.62. The van der Waals surface area contributed by atoms with Crippen molar-refractivity contribution in [1.29, 1.82) is 0 Å². The van der Waals surface area contributed by atoms with Crippen molar-refractivity contribution in [1.82, 2.24) is 5.32 Å². The van der Waals surface area contributed by atoms with E-state index in [0.717, 1.165) is 12.3 Å². The fourth-order valence-corrected chi connectivity index (χ4v) is 1.12. The molecule has 3 N–H and O–H groups in total. The lowest BCUT2D eigenvalue weighted by Crippen LogP contribution is -2.45. The van der Waals surface area contributed by atoms with Crippen LogP contribution in [0.5, 0.6) is 0 Å². The Hall–Kier alpha value is -0.570. The quantitative estimate of drug-likeness (QED) is 0.484. The minimum absolute atomic E-state index is 0.109. The molecule has 0 aromatic rings. The van der Waals surface area contributed by atoms with E-state index in [2.05, 4.69) is 17.2 Å². The van der Waals surface area contributed by atoms with Crippen LogP contribution in [-0.4, -0.2) is 18.0 Å². The van der Waals surface area contributed by atoms with Crippen LogP contribution in [-0.2, 0) is 0 Å². The smallest absolute Gasteiger partial charge is 0.0947 e. The number of hydrogen-bond donors (Lipinski definition) is 2. The Bertz CT molecular complexity index is 130. The summed E-state index contributed by atoms with van der Waals surface area (Å²) in [5, 5.41) is 3.04. The zero-order valence-corrected chi connectivity index (χ0v) is 5.89. The molecule has 0 aromatic heterocycles. The van der Waals surface area contributed by atoms with E-state index in [1.165, 1.54) is 0 Å². The highest BCUT2D eigenvalue weighted by atomic mass is 15.1. The van der Waals surface area contributed by atoms with E-state index in [4.69, 9.17) is 5.73 Å². The molecule has 0 saturated heterocycles. The van der Waals surface area contributed by atoms with Crippen molar-refractivity contribution in [2.75, 3.05) is 0 Å². The van der Waals surface area contributed by atoms with Gasteiger partial charge in [0.05, 0.1) is 18.0 Å². The molecule has 0 fully saturated rings. The van der Waals surface area contributed by atoms with Crippen molar-refractivity contribution in [3.63, 3.8) is 0 Å². The van der Waals surface area contributed by atoms with Crippen LogP contribution in [0.3, 0.4) is 0 Å². The number of aliphatic imine (C=N–C) groups is 1. The standard InChI is InChI=1S/C6H13N3/c1-4-3-6(7)9-5(2)8-4/h4,6H,3,7H2,1-2H3,(H,8,9). The van der Waals surface area contributed by atoms with Crippen LogP contribution in [0, 0.1) is 0 Å². The average Bonchev–Trinajstić information content (AvgIpc) is 1.59. The third kappa shape index (κ3) is 1.68. The molecule has 1 aliphatic rings. The van der Waals surface area contributed by atoms with E-state index in [1.807, 2.05) is 6.92 Å². The molecule has 0 radical (unpaired) electrons. The first-order chi connectivity index (χ1) is 4.18. The third-order valence-corrected chi connectivity index (χ3v) is 1.40. The summed E-state index contributed by atoms with van der Waals surface area (Å²) in [6, 6.07) is 0.390. The predicted molar refractivity (Wildman–Crippen MR) is 38.3 cm³/mol. The van der Waals surface area contributed by atoms with E-state index in [9.17, 15) is 0 Å². The molecule has 0 spiro atoms. The molecule has 52 valence electrons. The van der Waals surface area contributed by atoms with Crippen molar-refractivity contribution in [2.45, 2.75) is 32.5 Å². The van der Waals surface area contributed by atoms with Gasteiger partial charge < -0.3 is 11.1 Å². The van der Waals surface area contributed by atoms with Crippen LogP contribution in [0.25, 0.3) is 0 Å². The molecule has 1 rings (SSSR count). The van der Waals surface area contributed by atoms with Crippen molar-refractivity contribution in [3.8, 4) is 0 Å². The van der Waals surface area contributed by atoms with Crippen LogP contribution in [0.15, 0.2) is 4.99 Å². The molecule has 3 nitrogen and oxygen atoms in total. The number of amidine groups is 1. The van der Waals surface area contributed by atoms with E-state index in [0.29, 0.717) is 6.04 Å². The Kier molecular flexibility index (Phi) is 1.71. The molecule has 0 aromatic carbocycles. The van der Waals surface area contributed by atoms with Gasteiger partial charge in [-0.2, -0.15) is 0 Å². The van der Waals surface area contributed by atoms with Crippen LogP contribution < -0.4 is 11.1 Å². The van der Waals surface area contributed by atoms with Crippen LogP contribution >= 0.6 is 0 Å². The van der Waals surface area contributed by atoms with Crippen LogP contribution in [0.4, 0.5) is 0 Å². The fraction of sp³-hybridized carbons (Fsp3) is 0.833. The first-order valence-electron chi connectivity index (χ1n) is 3.25. The van der Waals surface area contributed by atoms with Gasteiger partial charge in [-0.1, -0.05) is 0 Å². The lowest BCUT2D eigenvalue weighted by Gasteiger charge is -2.23. The summed E-state index contributed by atoms with van der Waals surface area (Å²) in [6.07, 6.45) is 1.05. The van der Waals surface area contributed by atoms with Crippen molar-refractivity contribution >= 4 is 5.84 Å². The van der Waals surface area contributed by atoms with E-state index in [-0.39, 0.29) is 6.17 Å². The first kappa shape index (κ1) is 6.55. The van der Waals surface area contributed by atoms with Gasteiger partial charge in [0.2, 0.25) is 0 Å². The molecule has 2 unspecified atom stereocenters. The molecular formula is C6H13N3. The van der Waals surface area contributed by atoms with E-state index in [1.54, 1.807) is 0 Å². The first-order valence-corrected chi connectivity index (χ1v) is 3.25. The summed E-state index contributed by atoms with van der Waals surface area (Å²) in [5.74, 6) is 0.959. The number of nitrogens with one attached hydrogen (secondary N) is 1. The molecular weight excluding hydrogens is 114 g/mol. The zero-order chi connectivity index (χ0) is 6.85. The maximum atomic E-state index is 5.62. The largest absolute Gasteiger partial charge is 0.359 e. The number of rotatable bonds is 0. The Morgan fingerprint density at radius 1 is 1.78 bits per heavy atom. The molecule has 0 amide bonds. The lowest BCUT2D eigenvalue weighted by atomic mass is 10.2. The van der Waals surface area contributed by atoms with E-state index < -0.39 is 0 Å². The van der Waals surface area contributed by atoms with Gasteiger partial charge in [-0.05, 0) is 13.8 Å². The van der Waals surface area contributed by atoms with Gasteiger partial charge in [0.25, 0.3) is 0 Å². The van der Waals surface area contributed by atoms with Gasteiger partial charge in [-0.25, -0.2) is 0 Å². The Balaban J connectivity index is 2.56. The maximum Gasteiger partial charge on any atom is 0.0947 e. The summed E-state index contributed by atoms with van der Waals surface area (Å²) in [6.45, 7) is 4.01. The summed E-state index contributed by atoms with van der Waals surface area (Å²) in [7, 11) is 0. The highest BCUT2D eigenvalue weighted by molar-refractivity contribution is 5.80. The van der Waals surface area contributed by atoms with Gasteiger partial charge in [0.1, 0.15) is 0 Å². The van der Waals surface area contributed by atoms with Gasteiger partial charge in [0.15, 0.2) is 0 Å². The highest BCUT2D eigenvalue weighted by Gasteiger charge is 2.12. The summed E-state index contributed by atoms with van der Waals surface area (Å²) >= 11 is 0. The van der Waals surface area contributed by atoms with Gasteiger partial charge in [-0.15, -0.1) is 0 Å². The van der Waals surface area contributed by atoms with Crippen molar-refractivity contribution in [2.24, 2.45) is 10.7 Å². The molecule has 3 heteroatoms. The van der Waals surface area contributed by atoms with Gasteiger partial charge in [-0.3, -0.25) is 4.99 Å². The number of nitrogens with two attached hydrogens (primary N) is 1. The molecule has 9 heavy (non-hydrogen) atoms. The molecule has 0 aliphatic carbocycles. The van der Waals surface area contributed by atoms with Gasteiger partial charge in [0, 0.05) is 6.42 Å². The molecule has 1 heterocycles. The topological polar surface area (TPSA) is 50.4 Å². The lowest BCUT2D eigenvalue weighted by molar-refractivity contribution is 0.494. The molecule has 2 atom stereocenters. The number of nitrogens with zero attached hydrogens (tertiary/aromatic N) is 1. The minimum Gasteiger partial charge on any atom is -0.359 e. The minimum atomic E-state index is 0.109. The Morgan fingerprint density at radius 2 is 2.44 bits per heavy atom. The summed E-state index contributed by atoms with van der Waals surface area (Å²) in [5.41, 5.74) is 5.62. The second-order valence-corrected chi connectivity index (χ2v) is 2.55. The van der Waals surface area contributed by atoms with Crippen molar-refractivity contribution < 1.29 is 0 Å². The Morgan fingerprint density at radius 3 is 2.89 bits per heavy atom. The third-order valence-electron chi connectivity index (χ3n) is 1.40. The molecule has 0 bridgehead atoms. The highest BCUT2D eigenvalue weighted by Crippen LogP contribution is 2.03. The molecule has 1 aliphatic heterocycles. The van der Waals surface area contributed by atoms with Crippen LogP contribution in [0.1, 0.15) is 20.3 Å².